The monoisotopic (exact) mass is 332 g/mol. The van der Waals surface area contributed by atoms with Crippen LogP contribution in [0.2, 0.25) is 0 Å². The molecule has 0 bridgehead atoms. The summed E-state index contributed by atoms with van der Waals surface area (Å²) in [6, 6.07) is 21.0. The first-order valence-electron chi connectivity index (χ1n) is 7.54. The normalized spacial score (nSPS) is 9.67. The molecule has 1 heterocycles. The van der Waals surface area contributed by atoms with Crippen molar-refractivity contribution in [2.75, 3.05) is 5.32 Å². The van der Waals surface area contributed by atoms with Crippen LogP contribution in [0.15, 0.2) is 72.1 Å². The lowest BCUT2D eigenvalue weighted by Gasteiger charge is -2.07. The molecule has 0 unspecified atom stereocenters. The van der Waals surface area contributed by atoms with Crippen molar-refractivity contribution in [1.29, 1.82) is 0 Å². The fourth-order valence-electron chi connectivity index (χ4n) is 2.10. The van der Waals surface area contributed by atoms with Crippen molar-refractivity contribution in [3.63, 3.8) is 0 Å². The number of amides is 2. The smallest absolute Gasteiger partial charge is 0.319 e. The molecule has 2 aromatic carbocycles. The summed E-state index contributed by atoms with van der Waals surface area (Å²) in [5.74, 6) is 6.22. The van der Waals surface area contributed by atoms with Gasteiger partial charge in [0.05, 0.1) is 6.54 Å². The molecule has 24 heavy (non-hydrogen) atoms. The van der Waals surface area contributed by atoms with Gasteiger partial charge < -0.3 is 10.6 Å². The minimum absolute atomic E-state index is 0.225. The average Bonchev–Trinajstić information content (AvgIpc) is 3.13. The quantitative estimate of drug-likeness (QED) is 0.683. The maximum Gasteiger partial charge on any atom is 0.319 e. The molecule has 1 aromatic heterocycles. The number of anilines is 1. The van der Waals surface area contributed by atoms with Gasteiger partial charge in [-0.25, -0.2) is 4.79 Å². The molecule has 0 saturated carbocycles. The van der Waals surface area contributed by atoms with Crippen molar-refractivity contribution in [1.82, 2.24) is 5.32 Å². The summed E-state index contributed by atoms with van der Waals surface area (Å²) in [7, 11) is 0. The van der Waals surface area contributed by atoms with E-state index >= 15 is 0 Å². The number of urea groups is 1. The molecule has 0 radical (unpaired) electrons. The van der Waals surface area contributed by atoms with Gasteiger partial charge in [0.25, 0.3) is 0 Å². The van der Waals surface area contributed by atoms with Gasteiger partial charge in [-0.15, -0.1) is 11.3 Å². The lowest BCUT2D eigenvalue weighted by molar-refractivity contribution is 0.252. The van der Waals surface area contributed by atoms with E-state index in [4.69, 9.17) is 0 Å². The van der Waals surface area contributed by atoms with Crippen LogP contribution in [0.1, 0.15) is 16.0 Å². The summed E-state index contributed by atoms with van der Waals surface area (Å²) in [6.45, 7) is 0.525. The van der Waals surface area contributed by atoms with Gasteiger partial charge in [-0.05, 0) is 41.8 Å². The summed E-state index contributed by atoms with van der Waals surface area (Å²) in [6.07, 6.45) is 0. The van der Waals surface area contributed by atoms with Gasteiger partial charge in [-0.1, -0.05) is 42.2 Å². The number of hydrogen-bond donors (Lipinski definition) is 2. The molecule has 0 spiro atoms. The fraction of sp³-hybridized carbons (Fsp3) is 0.0500. The second-order valence-corrected chi connectivity index (χ2v) is 6.12. The van der Waals surface area contributed by atoms with Crippen molar-refractivity contribution < 1.29 is 4.79 Å². The second kappa shape index (κ2) is 8.00. The Kier molecular flexibility index (Phi) is 5.28. The van der Waals surface area contributed by atoms with Crippen molar-refractivity contribution in [3.05, 3.63) is 88.1 Å². The summed E-state index contributed by atoms with van der Waals surface area (Å²) in [4.78, 5) is 13.1. The minimum atomic E-state index is -0.225. The molecule has 0 aliphatic carbocycles. The van der Waals surface area contributed by atoms with Crippen LogP contribution in [0.3, 0.4) is 0 Å². The Morgan fingerprint density at radius 1 is 0.917 bits per heavy atom. The Balaban J connectivity index is 1.61. The molecular formula is C20H16N2OS. The predicted molar refractivity (Wildman–Crippen MR) is 99.0 cm³/mol. The molecule has 2 amide bonds. The maximum atomic E-state index is 11.9. The fourth-order valence-corrected chi connectivity index (χ4v) is 2.74. The molecule has 118 valence electrons. The minimum Gasteiger partial charge on any atom is -0.333 e. The molecular weight excluding hydrogens is 316 g/mol. The Labute approximate surface area is 145 Å². The first-order chi connectivity index (χ1) is 11.8. The Bertz CT molecular complexity index is 861. The van der Waals surface area contributed by atoms with Crippen LogP contribution in [-0.2, 0) is 6.54 Å². The van der Waals surface area contributed by atoms with Gasteiger partial charge in [0.15, 0.2) is 0 Å². The molecule has 3 nitrogen and oxygen atoms in total. The molecule has 0 atom stereocenters. The highest BCUT2D eigenvalue weighted by atomic mass is 32.1. The third-order valence-corrected chi connectivity index (χ3v) is 4.13. The Morgan fingerprint density at radius 3 is 2.50 bits per heavy atom. The highest BCUT2D eigenvalue weighted by Crippen LogP contribution is 2.11. The molecule has 3 rings (SSSR count). The summed E-state index contributed by atoms with van der Waals surface area (Å²) in [5, 5.41) is 7.65. The lowest BCUT2D eigenvalue weighted by Crippen LogP contribution is -2.27. The zero-order chi connectivity index (χ0) is 16.6. The third kappa shape index (κ3) is 4.73. The first kappa shape index (κ1) is 15.9. The Hall–Kier alpha value is -3.03. The highest BCUT2D eigenvalue weighted by Gasteiger charge is 2.02. The van der Waals surface area contributed by atoms with E-state index in [9.17, 15) is 4.79 Å². The van der Waals surface area contributed by atoms with E-state index in [2.05, 4.69) is 22.5 Å². The SMILES string of the molecule is O=C(NCc1cccs1)Nc1cccc(C#Cc2ccccc2)c1. The third-order valence-electron chi connectivity index (χ3n) is 3.25. The predicted octanol–water partition coefficient (Wildman–Crippen LogP) is 4.47. The van der Waals surface area contributed by atoms with Crippen LogP contribution in [0.25, 0.3) is 0 Å². The summed E-state index contributed by atoms with van der Waals surface area (Å²) in [5.41, 5.74) is 2.54. The van der Waals surface area contributed by atoms with E-state index in [1.165, 1.54) is 0 Å². The van der Waals surface area contributed by atoms with Crippen molar-refractivity contribution in [3.8, 4) is 11.8 Å². The Morgan fingerprint density at radius 2 is 1.71 bits per heavy atom. The molecule has 0 aliphatic rings. The van der Waals surface area contributed by atoms with Gasteiger partial charge >= 0.3 is 6.03 Å². The number of nitrogens with one attached hydrogen (secondary N) is 2. The zero-order valence-electron chi connectivity index (χ0n) is 13.0. The van der Waals surface area contributed by atoms with Crippen LogP contribution < -0.4 is 10.6 Å². The van der Waals surface area contributed by atoms with Gasteiger partial charge in [0.2, 0.25) is 0 Å². The van der Waals surface area contributed by atoms with Crippen molar-refractivity contribution in [2.45, 2.75) is 6.54 Å². The summed E-state index contributed by atoms with van der Waals surface area (Å²) < 4.78 is 0. The molecule has 3 aromatic rings. The number of rotatable bonds is 3. The molecule has 0 aliphatic heterocycles. The molecule has 4 heteroatoms. The number of carbonyl (C=O) groups excluding carboxylic acids is 1. The van der Waals surface area contributed by atoms with Gasteiger partial charge in [0.1, 0.15) is 0 Å². The topological polar surface area (TPSA) is 41.1 Å². The first-order valence-corrected chi connectivity index (χ1v) is 8.42. The van der Waals surface area contributed by atoms with Crippen LogP contribution in [-0.4, -0.2) is 6.03 Å². The van der Waals surface area contributed by atoms with Crippen LogP contribution in [0.5, 0.6) is 0 Å². The van der Waals surface area contributed by atoms with Gasteiger partial charge in [-0.2, -0.15) is 0 Å². The van der Waals surface area contributed by atoms with E-state index in [-0.39, 0.29) is 6.03 Å². The van der Waals surface area contributed by atoms with Crippen LogP contribution in [0, 0.1) is 11.8 Å². The van der Waals surface area contributed by atoms with Gasteiger partial charge in [0, 0.05) is 21.7 Å². The van der Waals surface area contributed by atoms with Crippen LogP contribution in [0.4, 0.5) is 10.5 Å². The summed E-state index contributed by atoms with van der Waals surface area (Å²) >= 11 is 1.62. The number of thiophene rings is 1. The van der Waals surface area contributed by atoms with E-state index in [1.807, 2.05) is 72.1 Å². The average molecular weight is 332 g/mol. The molecule has 2 N–H and O–H groups in total. The number of hydrogen-bond acceptors (Lipinski definition) is 2. The number of benzene rings is 2. The number of carbonyl (C=O) groups is 1. The highest BCUT2D eigenvalue weighted by molar-refractivity contribution is 7.09. The van der Waals surface area contributed by atoms with Gasteiger partial charge in [-0.3, -0.25) is 0 Å². The maximum absolute atomic E-state index is 11.9. The van der Waals surface area contributed by atoms with Crippen molar-refractivity contribution in [2.24, 2.45) is 0 Å². The molecule has 0 saturated heterocycles. The lowest BCUT2D eigenvalue weighted by atomic mass is 10.1. The standard InChI is InChI=1S/C20H16N2OS/c23-20(21-15-19-10-5-13-24-19)22-18-9-4-8-17(14-18)12-11-16-6-2-1-3-7-16/h1-10,13-14H,15H2,(H2,21,22,23). The van der Waals surface area contributed by atoms with E-state index in [0.29, 0.717) is 6.54 Å². The second-order valence-electron chi connectivity index (χ2n) is 5.08. The van der Waals surface area contributed by atoms with E-state index in [0.717, 1.165) is 21.7 Å². The van der Waals surface area contributed by atoms with E-state index < -0.39 is 0 Å². The zero-order valence-corrected chi connectivity index (χ0v) is 13.8. The van der Waals surface area contributed by atoms with Crippen LogP contribution >= 0.6 is 11.3 Å². The van der Waals surface area contributed by atoms with Crippen molar-refractivity contribution >= 4 is 23.1 Å². The molecule has 0 fully saturated rings. The van der Waals surface area contributed by atoms with E-state index in [1.54, 1.807) is 11.3 Å². The largest absolute Gasteiger partial charge is 0.333 e.